The van der Waals surface area contributed by atoms with Gasteiger partial charge in [0.15, 0.2) is 0 Å². The minimum Gasteiger partial charge on any atom is -0.495 e. The lowest BCUT2D eigenvalue weighted by Crippen LogP contribution is -2.41. The van der Waals surface area contributed by atoms with Crippen molar-refractivity contribution < 1.29 is 22.7 Å². The molecule has 0 unspecified atom stereocenters. The smallest absolute Gasteiger partial charge is 0.264 e. The molecule has 0 saturated carbocycles. The first kappa shape index (κ1) is 25.4. The molecule has 0 spiro atoms. The van der Waals surface area contributed by atoms with E-state index in [-0.39, 0.29) is 28.8 Å². The third-order valence-electron chi connectivity index (χ3n) is 4.93. The summed E-state index contributed by atoms with van der Waals surface area (Å²) in [4.78, 5) is 12.8. The second-order valence-corrected chi connectivity index (χ2v) is 9.93. The van der Waals surface area contributed by atoms with Crippen molar-refractivity contribution in [2.45, 2.75) is 18.7 Å². The number of sulfonamides is 1. The van der Waals surface area contributed by atoms with Crippen LogP contribution in [0, 0.1) is 13.8 Å². The van der Waals surface area contributed by atoms with Crippen LogP contribution in [0.15, 0.2) is 71.6 Å². The largest absolute Gasteiger partial charge is 0.495 e. The lowest BCUT2D eigenvalue weighted by Gasteiger charge is -2.24. The van der Waals surface area contributed by atoms with Gasteiger partial charge in [0.05, 0.1) is 29.3 Å². The fourth-order valence-electron chi connectivity index (χ4n) is 3.41. The van der Waals surface area contributed by atoms with E-state index in [1.807, 2.05) is 32.0 Å². The van der Waals surface area contributed by atoms with Crippen LogP contribution in [0.25, 0.3) is 0 Å². The van der Waals surface area contributed by atoms with Crippen LogP contribution in [0.4, 0.5) is 5.69 Å². The summed E-state index contributed by atoms with van der Waals surface area (Å²) in [5, 5.41) is 2.95. The third kappa shape index (κ3) is 6.42. The molecule has 0 saturated heterocycles. The van der Waals surface area contributed by atoms with Crippen molar-refractivity contribution in [1.82, 2.24) is 5.32 Å². The van der Waals surface area contributed by atoms with Crippen LogP contribution in [0.2, 0.25) is 5.02 Å². The maximum atomic E-state index is 13.4. The van der Waals surface area contributed by atoms with Crippen molar-refractivity contribution in [2.75, 3.05) is 31.1 Å². The Morgan fingerprint density at radius 1 is 1.00 bits per heavy atom. The summed E-state index contributed by atoms with van der Waals surface area (Å²) in [5.74, 6) is 0.638. The molecule has 3 aromatic rings. The Kier molecular flexibility index (Phi) is 8.41. The lowest BCUT2D eigenvalue weighted by molar-refractivity contribution is -0.119. The summed E-state index contributed by atoms with van der Waals surface area (Å²) in [6.45, 7) is 4.00. The van der Waals surface area contributed by atoms with E-state index in [1.165, 1.54) is 25.3 Å². The minimum absolute atomic E-state index is 0.0629. The van der Waals surface area contributed by atoms with Gasteiger partial charge < -0.3 is 14.8 Å². The van der Waals surface area contributed by atoms with Gasteiger partial charge in [-0.1, -0.05) is 35.9 Å². The molecular formula is C25H27ClN2O5S. The van der Waals surface area contributed by atoms with Crippen molar-refractivity contribution in [3.63, 3.8) is 0 Å². The predicted molar refractivity (Wildman–Crippen MR) is 133 cm³/mol. The van der Waals surface area contributed by atoms with Crippen molar-refractivity contribution in [3.8, 4) is 11.5 Å². The number of carbonyl (C=O) groups excluding carboxylic acids is 1. The Hall–Kier alpha value is -3.23. The summed E-state index contributed by atoms with van der Waals surface area (Å²) in [6, 6.07) is 18.3. The summed E-state index contributed by atoms with van der Waals surface area (Å²) in [7, 11) is -2.56. The first-order chi connectivity index (χ1) is 16.2. The molecule has 1 N–H and O–H groups in total. The molecule has 0 fully saturated rings. The van der Waals surface area contributed by atoms with Gasteiger partial charge in [0, 0.05) is 0 Å². The van der Waals surface area contributed by atoms with Gasteiger partial charge in [-0.3, -0.25) is 9.10 Å². The molecule has 0 aliphatic rings. The topological polar surface area (TPSA) is 84.9 Å². The SMILES string of the molecule is COc1ccc(N(CC(=O)NCCOc2cc(C)cc(C)c2)S(=O)(=O)c2ccccc2)cc1Cl. The molecule has 0 radical (unpaired) electrons. The van der Waals surface area contributed by atoms with Crippen LogP contribution in [0.1, 0.15) is 11.1 Å². The standard InChI is InChI=1S/C25H27ClN2O5S/c1-18-13-19(2)15-21(14-18)33-12-11-27-25(29)17-28(20-9-10-24(32-3)23(26)16-20)34(30,31)22-7-5-4-6-8-22/h4-10,13-16H,11-12,17H2,1-3H3,(H,27,29). The van der Waals surface area contributed by atoms with Crippen molar-refractivity contribution in [1.29, 1.82) is 0 Å². The van der Waals surface area contributed by atoms with Gasteiger partial charge in [0.25, 0.3) is 10.0 Å². The number of nitrogens with one attached hydrogen (secondary N) is 1. The first-order valence-electron chi connectivity index (χ1n) is 10.6. The molecule has 0 aromatic heterocycles. The average Bonchev–Trinajstić information content (AvgIpc) is 2.80. The maximum absolute atomic E-state index is 13.4. The molecule has 1 amide bonds. The van der Waals surface area contributed by atoms with Crippen molar-refractivity contribution >= 4 is 33.2 Å². The van der Waals surface area contributed by atoms with Crippen LogP contribution in [-0.2, 0) is 14.8 Å². The molecule has 180 valence electrons. The summed E-state index contributed by atoms with van der Waals surface area (Å²) < 4.78 is 38.6. The van der Waals surface area contributed by atoms with Gasteiger partial charge in [0.1, 0.15) is 24.7 Å². The summed E-state index contributed by atoms with van der Waals surface area (Å²) >= 11 is 6.23. The lowest BCUT2D eigenvalue weighted by atomic mass is 10.1. The molecule has 0 bridgehead atoms. The highest BCUT2D eigenvalue weighted by Crippen LogP contribution is 2.31. The molecule has 3 rings (SSSR count). The molecule has 7 nitrogen and oxygen atoms in total. The van der Waals surface area contributed by atoms with Gasteiger partial charge in [0.2, 0.25) is 5.91 Å². The van der Waals surface area contributed by atoms with E-state index >= 15 is 0 Å². The first-order valence-corrected chi connectivity index (χ1v) is 12.4. The number of hydrogen-bond donors (Lipinski definition) is 1. The van der Waals surface area contributed by atoms with Gasteiger partial charge in [-0.05, 0) is 67.4 Å². The minimum atomic E-state index is -4.03. The molecule has 0 atom stereocenters. The Morgan fingerprint density at radius 2 is 1.68 bits per heavy atom. The molecule has 3 aromatic carbocycles. The molecule has 34 heavy (non-hydrogen) atoms. The third-order valence-corrected chi connectivity index (χ3v) is 7.01. The molecule has 9 heteroatoms. The Morgan fingerprint density at radius 3 is 2.29 bits per heavy atom. The van der Waals surface area contributed by atoms with E-state index in [1.54, 1.807) is 30.3 Å². The zero-order valence-corrected chi connectivity index (χ0v) is 20.8. The van der Waals surface area contributed by atoms with Crippen LogP contribution in [0.3, 0.4) is 0 Å². The fourth-order valence-corrected chi connectivity index (χ4v) is 5.09. The van der Waals surface area contributed by atoms with E-state index in [9.17, 15) is 13.2 Å². The number of rotatable bonds is 10. The van der Waals surface area contributed by atoms with Gasteiger partial charge in [-0.2, -0.15) is 0 Å². The molecule has 0 aliphatic carbocycles. The van der Waals surface area contributed by atoms with E-state index in [0.717, 1.165) is 15.4 Å². The Bertz CT molecular complexity index is 1230. The maximum Gasteiger partial charge on any atom is 0.264 e. The number of aryl methyl sites for hydroxylation is 2. The average molecular weight is 503 g/mol. The number of ether oxygens (including phenoxy) is 2. The second kappa shape index (κ2) is 11.3. The zero-order chi connectivity index (χ0) is 24.7. The molecule has 0 aliphatic heterocycles. The summed E-state index contributed by atoms with van der Waals surface area (Å²) in [6.07, 6.45) is 0. The Balaban J connectivity index is 1.73. The number of carbonyl (C=O) groups is 1. The van der Waals surface area contributed by atoms with Gasteiger partial charge in [-0.25, -0.2) is 8.42 Å². The predicted octanol–water partition coefficient (Wildman–Crippen LogP) is 4.36. The van der Waals surface area contributed by atoms with Crippen LogP contribution < -0.4 is 19.1 Å². The number of methoxy groups -OCH3 is 1. The molecule has 0 heterocycles. The highest BCUT2D eigenvalue weighted by atomic mass is 35.5. The van der Waals surface area contributed by atoms with E-state index in [2.05, 4.69) is 5.32 Å². The highest BCUT2D eigenvalue weighted by molar-refractivity contribution is 7.92. The number of amides is 1. The second-order valence-electron chi connectivity index (χ2n) is 7.67. The molecular weight excluding hydrogens is 476 g/mol. The van der Waals surface area contributed by atoms with E-state index in [4.69, 9.17) is 21.1 Å². The van der Waals surface area contributed by atoms with Crippen molar-refractivity contribution in [3.05, 3.63) is 82.9 Å². The van der Waals surface area contributed by atoms with Gasteiger partial charge in [-0.15, -0.1) is 0 Å². The summed E-state index contributed by atoms with van der Waals surface area (Å²) in [5.41, 5.74) is 2.41. The van der Waals surface area contributed by atoms with Gasteiger partial charge >= 0.3 is 0 Å². The number of hydrogen-bond acceptors (Lipinski definition) is 5. The van der Waals surface area contributed by atoms with Crippen molar-refractivity contribution in [2.24, 2.45) is 0 Å². The monoisotopic (exact) mass is 502 g/mol. The number of benzene rings is 3. The normalized spacial score (nSPS) is 11.1. The number of anilines is 1. The van der Waals surface area contributed by atoms with Crippen LogP contribution in [-0.4, -0.2) is 41.1 Å². The van der Waals surface area contributed by atoms with Crippen LogP contribution >= 0.6 is 11.6 Å². The quantitative estimate of drug-likeness (QED) is 0.416. The number of halogens is 1. The highest BCUT2D eigenvalue weighted by Gasteiger charge is 2.27. The van der Waals surface area contributed by atoms with Crippen LogP contribution in [0.5, 0.6) is 11.5 Å². The van der Waals surface area contributed by atoms with E-state index in [0.29, 0.717) is 11.5 Å². The number of nitrogens with zero attached hydrogens (tertiary/aromatic N) is 1. The zero-order valence-electron chi connectivity index (χ0n) is 19.2. The fraction of sp³-hybridized carbons (Fsp3) is 0.240. The Labute approximate surface area is 205 Å². The van der Waals surface area contributed by atoms with E-state index < -0.39 is 22.5 Å².